The number of carbonyl (C=O) groups is 1. The zero-order chi connectivity index (χ0) is 14.5. The fourth-order valence-electron chi connectivity index (χ4n) is 1.30. The molecule has 1 heterocycles. The average molecular weight is 321 g/mol. The van der Waals surface area contributed by atoms with Crippen LogP contribution in [0.3, 0.4) is 0 Å². The number of aryl methyl sites for hydroxylation is 1. The van der Waals surface area contributed by atoms with Crippen molar-refractivity contribution in [3.8, 4) is 0 Å². The SMILES string of the molecule is CCCCSC(C)C(=O)NS(=O)(=O)c1ccc(C)s1. The summed E-state index contributed by atoms with van der Waals surface area (Å²) in [6.07, 6.45) is 2.09. The standard InChI is InChI=1S/C12H19NO3S3/c1-4-5-8-17-10(3)12(14)13-19(15,16)11-7-6-9(2)18-11/h6-7,10H,4-5,8H2,1-3H3,(H,13,14). The van der Waals surface area contributed by atoms with Crippen LogP contribution in [0.2, 0.25) is 0 Å². The number of sulfonamides is 1. The molecule has 0 saturated heterocycles. The summed E-state index contributed by atoms with van der Waals surface area (Å²) in [5, 5.41) is -0.359. The molecule has 1 unspecified atom stereocenters. The predicted molar refractivity (Wildman–Crippen MR) is 81.2 cm³/mol. The molecule has 1 atom stereocenters. The molecular weight excluding hydrogens is 302 g/mol. The zero-order valence-corrected chi connectivity index (χ0v) is 13.8. The van der Waals surface area contributed by atoms with Gasteiger partial charge in [0.1, 0.15) is 4.21 Å². The molecule has 7 heteroatoms. The molecule has 0 bridgehead atoms. The van der Waals surface area contributed by atoms with E-state index in [0.29, 0.717) is 0 Å². The Morgan fingerprint density at radius 3 is 2.68 bits per heavy atom. The molecule has 1 rings (SSSR count). The summed E-state index contributed by atoms with van der Waals surface area (Å²) in [4.78, 5) is 12.7. The smallest absolute Gasteiger partial charge is 0.273 e. The van der Waals surface area contributed by atoms with Gasteiger partial charge in [0.15, 0.2) is 0 Å². The molecule has 1 N–H and O–H groups in total. The minimum absolute atomic E-state index is 0.184. The van der Waals surface area contributed by atoms with Crippen molar-refractivity contribution in [3.05, 3.63) is 17.0 Å². The highest BCUT2D eigenvalue weighted by molar-refractivity contribution is 8.00. The number of nitrogens with one attached hydrogen (secondary N) is 1. The van der Waals surface area contributed by atoms with Crippen molar-refractivity contribution in [2.24, 2.45) is 0 Å². The van der Waals surface area contributed by atoms with E-state index in [1.54, 1.807) is 13.0 Å². The number of thioether (sulfide) groups is 1. The van der Waals surface area contributed by atoms with Crippen LogP contribution in [-0.2, 0) is 14.8 Å². The summed E-state index contributed by atoms with van der Waals surface area (Å²) < 4.78 is 26.2. The summed E-state index contributed by atoms with van der Waals surface area (Å²) >= 11 is 2.64. The van der Waals surface area contributed by atoms with Crippen molar-refractivity contribution in [1.29, 1.82) is 0 Å². The van der Waals surface area contributed by atoms with Gasteiger partial charge in [-0.15, -0.1) is 23.1 Å². The topological polar surface area (TPSA) is 63.2 Å². The van der Waals surface area contributed by atoms with Crippen LogP contribution < -0.4 is 4.72 Å². The van der Waals surface area contributed by atoms with Crippen LogP contribution in [-0.4, -0.2) is 25.3 Å². The number of carbonyl (C=O) groups excluding carboxylic acids is 1. The van der Waals surface area contributed by atoms with Crippen LogP contribution in [0.1, 0.15) is 31.6 Å². The molecular formula is C12H19NO3S3. The molecule has 19 heavy (non-hydrogen) atoms. The average Bonchev–Trinajstić information content (AvgIpc) is 2.76. The van der Waals surface area contributed by atoms with Crippen LogP contribution in [0.5, 0.6) is 0 Å². The Morgan fingerprint density at radius 2 is 2.16 bits per heavy atom. The molecule has 0 spiro atoms. The first-order valence-electron chi connectivity index (χ1n) is 6.11. The van der Waals surface area contributed by atoms with Gasteiger partial charge in [-0.25, -0.2) is 13.1 Å². The normalized spacial score (nSPS) is 13.2. The van der Waals surface area contributed by atoms with Crippen molar-refractivity contribution in [3.63, 3.8) is 0 Å². The molecule has 0 aliphatic carbocycles. The summed E-state index contributed by atoms with van der Waals surface area (Å²) in [6.45, 7) is 5.63. The van der Waals surface area contributed by atoms with Gasteiger partial charge < -0.3 is 0 Å². The van der Waals surface area contributed by atoms with Gasteiger partial charge in [-0.2, -0.15) is 0 Å². The maximum Gasteiger partial charge on any atom is 0.273 e. The lowest BCUT2D eigenvalue weighted by atomic mass is 10.4. The van der Waals surface area contributed by atoms with E-state index in [0.717, 1.165) is 34.8 Å². The fraction of sp³-hybridized carbons (Fsp3) is 0.583. The van der Waals surface area contributed by atoms with Crippen molar-refractivity contribution >= 4 is 39.0 Å². The van der Waals surface area contributed by atoms with E-state index < -0.39 is 15.9 Å². The lowest BCUT2D eigenvalue weighted by Crippen LogP contribution is -2.35. The van der Waals surface area contributed by atoms with E-state index in [1.165, 1.54) is 17.8 Å². The minimum Gasteiger partial charge on any atom is -0.273 e. The Hall–Kier alpha value is -0.530. The highest BCUT2D eigenvalue weighted by Gasteiger charge is 2.22. The van der Waals surface area contributed by atoms with Crippen LogP contribution in [0.25, 0.3) is 0 Å². The molecule has 1 aromatic heterocycles. The van der Waals surface area contributed by atoms with E-state index in [1.807, 2.05) is 6.92 Å². The first-order valence-corrected chi connectivity index (χ1v) is 9.46. The number of amides is 1. The lowest BCUT2D eigenvalue weighted by Gasteiger charge is -2.11. The van der Waals surface area contributed by atoms with E-state index >= 15 is 0 Å². The fourth-order valence-corrected chi connectivity index (χ4v) is 4.73. The summed E-state index contributed by atoms with van der Waals surface area (Å²) in [6, 6.07) is 3.24. The van der Waals surface area contributed by atoms with Gasteiger partial charge >= 0.3 is 0 Å². The maximum atomic E-state index is 12.0. The number of unbranched alkanes of at least 4 members (excludes halogenated alkanes) is 1. The first kappa shape index (κ1) is 16.5. The molecule has 0 aliphatic rings. The predicted octanol–water partition coefficient (Wildman–Crippen LogP) is 2.78. The monoisotopic (exact) mass is 321 g/mol. The van der Waals surface area contributed by atoms with Gasteiger partial charge in [-0.3, -0.25) is 4.79 Å². The van der Waals surface area contributed by atoms with Crippen LogP contribution in [0, 0.1) is 6.92 Å². The van der Waals surface area contributed by atoms with Gasteiger partial charge in [0, 0.05) is 4.88 Å². The molecule has 0 saturated carbocycles. The molecule has 4 nitrogen and oxygen atoms in total. The first-order chi connectivity index (χ1) is 8.86. The largest absolute Gasteiger partial charge is 0.273 e. The van der Waals surface area contributed by atoms with Crippen molar-refractivity contribution in [2.75, 3.05) is 5.75 Å². The second-order valence-electron chi connectivity index (χ2n) is 4.20. The molecule has 0 aliphatic heterocycles. The van der Waals surface area contributed by atoms with Crippen molar-refractivity contribution in [1.82, 2.24) is 4.72 Å². The summed E-state index contributed by atoms with van der Waals surface area (Å²) in [5.41, 5.74) is 0. The summed E-state index contributed by atoms with van der Waals surface area (Å²) in [5.74, 6) is 0.413. The van der Waals surface area contributed by atoms with E-state index in [4.69, 9.17) is 0 Å². The van der Waals surface area contributed by atoms with Gasteiger partial charge in [0.2, 0.25) is 5.91 Å². The van der Waals surface area contributed by atoms with Gasteiger partial charge in [0.25, 0.3) is 10.0 Å². The van der Waals surface area contributed by atoms with Crippen LogP contribution >= 0.6 is 23.1 Å². The third-order valence-corrected chi connectivity index (χ3v) is 6.53. The molecule has 0 radical (unpaired) electrons. The van der Waals surface area contributed by atoms with E-state index in [2.05, 4.69) is 11.6 Å². The molecule has 0 fully saturated rings. The number of hydrogen-bond acceptors (Lipinski definition) is 5. The summed E-state index contributed by atoms with van der Waals surface area (Å²) in [7, 11) is -3.71. The second-order valence-corrected chi connectivity index (χ2v) is 8.85. The highest BCUT2D eigenvalue weighted by atomic mass is 32.2. The Bertz CT molecular complexity index is 522. The van der Waals surface area contributed by atoms with Crippen molar-refractivity contribution in [2.45, 2.75) is 43.1 Å². The number of rotatable bonds is 7. The highest BCUT2D eigenvalue weighted by Crippen LogP contribution is 2.21. The zero-order valence-electron chi connectivity index (χ0n) is 11.3. The van der Waals surface area contributed by atoms with Gasteiger partial charge in [0.05, 0.1) is 5.25 Å². The van der Waals surface area contributed by atoms with E-state index in [9.17, 15) is 13.2 Å². The third kappa shape index (κ3) is 5.16. The number of hydrogen-bond donors (Lipinski definition) is 1. The molecule has 1 aromatic rings. The van der Waals surface area contributed by atoms with Gasteiger partial charge in [-0.1, -0.05) is 13.3 Å². The Morgan fingerprint density at radius 1 is 1.47 bits per heavy atom. The van der Waals surface area contributed by atoms with Gasteiger partial charge in [-0.05, 0) is 38.2 Å². The number of thiophene rings is 1. The molecule has 1 amide bonds. The Kier molecular flexibility index (Phi) is 6.35. The molecule has 0 aromatic carbocycles. The second kappa shape index (κ2) is 7.31. The van der Waals surface area contributed by atoms with Crippen LogP contribution in [0.4, 0.5) is 0 Å². The Labute approximate surface area is 123 Å². The van der Waals surface area contributed by atoms with Crippen molar-refractivity contribution < 1.29 is 13.2 Å². The lowest BCUT2D eigenvalue weighted by molar-refractivity contribution is -0.118. The third-order valence-electron chi connectivity index (χ3n) is 2.45. The van der Waals surface area contributed by atoms with E-state index in [-0.39, 0.29) is 9.46 Å². The maximum absolute atomic E-state index is 12.0. The minimum atomic E-state index is -3.71. The van der Waals surface area contributed by atoms with Crippen LogP contribution in [0.15, 0.2) is 16.3 Å². The Balaban J connectivity index is 2.60. The molecule has 108 valence electrons. The quantitative estimate of drug-likeness (QED) is 0.784.